The molecule has 2 aromatic rings. The third kappa shape index (κ3) is 5.15. The second-order valence-electron chi connectivity index (χ2n) is 6.71. The molecule has 3 rings (SSSR count). The van der Waals surface area contributed by atoms with Gasteiger partial charge in [0.2, 0.25) is 0 Å². The molecule has 0 saturated heterocycles. The van der Waals surface area contributed by atoms with Gasteiger partial charge in [-0.3, -0.25) is 9.10 Å². The monoisotopic (exact) mass is 456 g/mol. The average Bonchev–Trinajstić information content (AvgIpc) is 3.13. The first-order valence-electron chi connectivity index (χ1n) is 9.32. The van der Waals surface area contributed by atoms with Crippen LogP contribution in [0.1, 0.15) is 25.3 Å². The summed E-state index contributed by atoms with van der Waals surface area (Å²) in [4.78, 5) is 12.3. The second kappa shape index (κ2) is 9.24. The lowest BCUT2D eigenvalue weighted by molar-refractivity contribution is -0.141. The molecule has 0 aliphatic carbocycles. The quantitative estimate of drug-likeness (QED) is 0.467. The van der Waals surface area contributed by atoms with Crippen molar-refractivity contribution in [2.45, 2.75) is 31.1 Å². The summed E-state index contributed by atoms with van der Waals surface area (Å²) in [7, 11) is -4.10. The summed E-state index contributed by atoms with van der Waals surface area (Å²) in [6, 6.07) is 9.33. The number of rotatable bonds is 8. The highest BCUT2D eigenvalue weighted by Crippen LogP contribution is 2.32. The van der Waals surface area contributed by atoms with Gasteiger partial charge in [0.1, 0.15) is 6.54 Å². The van der Waals surface area contributed by atoms with Crippen molar-refractivity contribution >= 4 is 50.6 Å². The first-order valence-corrected chi connectivity index (χ1v) is 11.5. The van der Waals surface area contributed by atoms with E-state index in [4.69, 9.17) is 27.9 Å². The number of hydrogen-bond donors (Lipinski definition) is 1. The molecular weight excluding hydrogens is 435 g/mol. The first kappa shape index (κ1) is 21.7. The van der Waals surface area contributed by atoms with E-state index in [9.17, 15) is 13.2 Å². The second-order valence-corrected chi connectivity index (χ2v) is 9.44. The van der Waals surface area contributed by atoms with Crippen molar-refractivity contribution in [2.24, 2.45) is 0 Å². The highest BCUT2D eigenvalue weighted by Gasteiger charge is 2.29. The maximum atomic E-state index is 13.4. The summed E-state index contributed by atoms with van der Waals surface area (Å²) < 4.78 is 33.0. The molecule has 0 saturated carbocycles. The maximum absolute atomic E-state index is 13.4. The normalized spacial score (nSPS) is 12.9. The van der Waals surface area contributed by atoms with Crippen LogP contribution in [0.25, 0.3) is 0 Å². The number of hydrogen-bond acceptors (Lipinski definition) is 5. The number of sulfonamides is 1. The molecule has 0 bridgehead atoms. The number of nitrogens with one attached hydrogen (secondary N) is 1. The largest absolute Gasteiger partial charge is 0.464 e. The molecule has 2 aromatic carbocycles. The Balaban J connectivity index is 1.98. The summed E-state index contributed by atoms with van der Waals surface area (Å²) in [5.41, 5.74) is 2.34. The molecule has 0 amide bonds. The molecule has 9 heteroatoms. The van der Waals surface area contributed by atoms with Crippen LogP contribution in [-0.4, -0.2) is 34.1 Å². The molecule has 1 heterocycles. The van der Waals surface area contributed by atoms with Crippen molar-refractivity contribution < 1.29 is 17.9 Å². The molecule has 0 spiro atoms. The molecule has 0 atom stereocenters. The van der Waals surface area contributed by atoms with E-state index >= 15 is 0 Å². The van der Waals surface area contributed by atoms with Crippen molar-refractivity contribution in [1.29, 1.82) is 0 Å². The number of ether oxygens (including phenoxy) is 1. The van der Waals surface area contributed by atoms with Gasteiger partial charge in [-0.1, -0.05) is 36.5 Å². The van der Waals surface area contributed by atoms with Crippen molar-refractivity contribution in [3.05, 3.63) is 52.0 Å². The van der Waals surface area contributed by atoms with Gasteiger partial charge in [0.05, 0.1) is 17.2 Å². The Morgan fingerprint density at radius 1 is 1.17 bits per heavy atom. The fourth-order valence-electron chi connectivity index (χ4n) is 3.06. The summed E-state index contributed by atoms with van der Waals surface area (Å²) in [6.45, 7) is 2.57. The van der Waals surface area contributed by atoms with Gasteiger partial charge in [-0.05, 0) is 54.8 Å². The van der Waals surface area contributed by atoms with Crippen molar-refractivity contribution in [3.8, 4) is 0 Å². The van der Waals surface area contributed by atoms with Crippen LogP contribution in [0.15, 0.2) is 41.3 Å². The molecule has 156 valence electrons. The average molecular weight is 457 g/mol. The van der Waals surface area contributed by atoms with Crippen LogP contribution in [0, 0.1) is 0 Å². The van der Waals surface area contributed by atoms with Gasteiger partial charge in [0, 0.05) is 22.3 Å². The van der Waals surface area contributed by atoms with Crippen LogP contribution in [0.5, 0.6) is 0 Å². The Kier molecular flexibility index (Phi) is 6.93. The Morgan fingerprint density at radius 3 is 2.59 bits per heavy atom. The van der Waals surface area contributed by atoms with E-state index in [0.717, 1.165) is 34.9 Å². The number of nitrogens with zero attached hydrogens (tertiary/aromatic N) is 1. The van der Waals surface area contributed by atoms with Crippen molar-refractivity contribution in [1.82, 2.24) is 0 Å². The summed E-state index contributed by atoms with van der Waals surface area (Å²) in [6.07, 6.45) is 2.36. The van der Waals surface area contributed by atoms with E-state index in [2.05, 4.69) is 5.32 Å². The number of carbonyl (C=O) groups is 1. The lowest BCUT2D eigenvalue weighted by atomic mass is 10.1. The minimum absolute atomic E-state index is 0.0880. The Morgan fingerprint density at radius 2 is 1.90 bits per heavy atom. The van der Waals surface area contributed by atoms with Crippen LogP contribution in [-0.2, 0) is 26.0 Å². The zero-order chi connectivity index (χ0) is 21.0. The number of fused-ring (bicyclic) bond motifs is 1. The van der Waals surface area contributed by atoms with Crippen LogP contribution in [0.4, 0.5) is 11.4 Å². The third-order valence-corrected chi connectivity index (χ3v) is 6.73. The Bertz CT molecular complexity index is 991. The molecular formula is C20H22Cl2N2O4S. The van der Waals surface area contributed by atoms with E-state index in [0.29, 0.717) is 12.1 Å². The SMILES string of the molecule is CCCCOC(=O)CN(c1ccc2c(c1)CCN2)S(=O)(=O)c1cc(Cl)cc(Cl)c1. The van der Waals surface area contributed by atoms with Gasteiger partial charge < -0.3 is 10.1 Å². The lowest BCUT2D eigenvalue weighted by Gasteiger charge is -2.24. The van der Waals surface area contributed by atoms with Crippen LogP contribution in [0.3, 0.4) is 0 Å². The molecule has 6 nitrogen and oxygen atoms in total. The number of unbranched alkanes of at least 4 members (excludes halogenated alkanes) is 1. The molecule has 1 aliphatic heterocycles. The van der Waals surface area contributed by atoms with Crippen LogP contribution >= 0.6 is 23.2 Å². The van der Waals surface area contributed by atoms with E-state index in [1.807, 2.05) is 13.0 Å². The summed E-state index contributed by atoms with van der Waals surface area (Å²) >= 11 is 12.0. The van der Waals surface area contributed by atoms with Gasteiger partial charge >= 0.3 is 5.97 Å². The van der Waals surface area contributed by atoms with Gasteiger partial charge in [0.25, 0.3) is 10.0 Å². The van der Waals surface area contributed by atoms with Crippen LogP contribution in [0.2, 0.25) is 10.0 Å². The van der Waals surface area contributed by atoms with Crippen LogP contribution < -0.4 is 9.62 Å². The van der Waals surface area contributed by atoms with E-state index in [1.54, 1.807) is 12.1 Å². The fraction of sp³-hybridized carbons (Fsp3) is 0.350. The lowest BCUT2D eigenvalue weighted by Crippen LogP contribution is -2.36. The Hall–Kier alpha value is -1.96. The van der Waals surface area contributed by atoms with Gasteiger partial charge in [-0.15, -0.1) is 0 Å². The van der Waals surface area contributed by atoms with Crippen molar-refractivity contribution in [2.75, 3.05) is 29.3 Å². The molecule has 0 aromatic heterocycles. The molecule has 1 aliphatic rings. The predicted molar refractivity (Wildman–Crippen MR) is 115 cm³/mol. The predicted octanol–water partition coefficient (Wildman–Crippen LogP) is 4.50. The van der Waals surface area contributed by atoms with Crippen molar-refractivity contribution in [3.63, 3.8) is 0 Å². The number of anilines is 2. The minimum atomic E-state index is -4.10. The standard InChI is InChI=1S/C20H22Cl2N2O4S/c1-2-3-8-28-20(25)13-24(17-4-5-19-14(9-17)6-7-23-19)29(26,27)18-11-15(21)10-16(22)12-18/h4-5,9-12,23H,2-3,6-8,13H2,1H3. The number of carbonyl (C=O) groups excluding carboxylic acids is 1. The highest BCUT2D eigenvalue weighted by atomic mass is 35.5. The Labute approximate surface area is 180 Å². The maximum Gasteiger partial charge on any atom is 0.326 e. The van der Waals surface area contributed by atoms with E-state index in [-0.39, 0.29) is 21.5 Å². The number of halogens is 2. The molecule has 29 heavy (non-hydrogen) atoms. The summed E-state index contributed by atoms with van der Waals surface area (Å²) in [5, 5.41) is 3.62. The number of benzene rings is 2. The first-order chi connectivity index (χ1) is 13.8. The molecule has 0 radical (unpaired) electrons. The van der Waals surface area contributed by atoms with Gasteiger partial charge in [0.15, 0.2) is 0 Å². The number of esters is 1. The van der Waals surface area contributed by atoms with Gasteiger partial charge in [-0.25, -0.2) is 8.42 Å². The van der Waals surface area contributed by atoms with E-state index < -0.39 is 22.5 Å². The molecule has 0 unspecified atom stereocenters. The smallest absolute Gasteiger partial charge is 0.326 e. The fourth-order valence-corrected chi connectivity index (χ4v) is 5.19. The van der Waals surface area contributed by atoms with E-state index in [1.165, 1.54) is 18.2 Å². The zero-order valence-electron chi connectivity index (χ0n) is 16.0. The highest BCUT2D eigenvalue weighted by molar-refractivity contribution is 7.92. The molecule has 0 fully saturated rings. The molecule has 1 N–H and O–H groups in total. The third-order valence-electron chi connectivity index (χ3n) is 4.54. The topological polar surface area (TPSA) is 75.7 Å². The minimum Gasteiger partial charge on any atom is -0.464 e. The zero-order valence-corrected chi connectivity index (χ0v) is 18.3. The summed E-state index contributed by atoms with van der Waals surface area (Å²) in [5.74, 6) is -0.617. The van der Waals surface area contributed by atoms with Gasteiger partial charge in [-0.2, -0.15) is 0 Å².